The van der Waals surface area contributed by atoms with Crippen molar-refractivity contribution in [2.75, 3.05) is 7.11 Å². The monoisotopic (exact) mass is 436 g/mol. The van der Waals surface area contributed by atoms with E-state index in [9.17, 15) is 9.59 Å². The second-order valence-corrected chi connectivity index (χ2v) is 8.88. The van der Waals surface area contributed by atoms with E-state index in [1.54, 1.807) is 6.07 Å². The van der Waals surface area contributed by atoms with Crippen LogP contribution in [0.4, 0.5) is 0 Å². The summed E-state index contributed by atoms with van der Waals surface area (Å²) in [5.41, 5.74) is 1.80. The molecule has 170 valence electrons. The lowest BCUT2D eigenvalue weighted by molar-refractivity contribution is -0.142. The molecule has 0 amide bonds. The van der Waals surface area contributed by atoms with Gasteiger partial charge in [-0.15, -0.1) is 0 Å². The van der Waals surface area contributed by atoms with Crippen molar-refractivity contribution in [2.24, 2.45) is 11.8 Å². The molecule has 2 aromatic carbocycles. The van der Waals surface area contributed by atoms with E-state index < -0.39 is 0 Å². The molecule has 0 aromatic heterocycles. The highest BCUT2D eigenvalue weighted by atomic mass is 16.6. The van der Waals surface area contributed by atoms with Crippen LogP contribution in [-0.2, 0) is 9.59 Å². The van der Waals surface area contributed by atoms with Gasteiger partial charge >= 0.3 is 11.9 Å². The molecule has 0 atom stereocenters. The van der Waals surface area contributed by atoms with Gasteiger partial charge in [-0.1, -0.05) is 68.9 Å². The van der Waals surface area contributed by atoms with Crippen LogP contribution in [0.3, 0.4) is 0 Å². The first-order valence-electron chi connectivity index (χ1n) is 11.9. The average molecular weight is 437 g/mol. The first kappa shape index (κ1) is 22.4. The standard InChI is InChI=1S/C27H32O5/c1-30-23-17-22(19-11-5-2-6-12-19)18-24(31-26(28)20-13-7-3-8-14-20)25(23)32-27(29)21-15-9-4-10-16-21/h2,5-6,11-12,17-18,20-21H,3-4,7-10,13-16H2,1H3. The van der Waals surface area contributed by atoms with E-state index in [1.165, 1.54) is 7.11 Å². The molecule has 2 saturated carbocycles. The van der Waals surface area contributed by atoms with Crippen molar-refractivity contribution >= 4 is 11.9 Å². The van der Waals surface area contributed by atoms with E-state index in [2.05, 4.69) is 0 Å². The molecule has 2 aliphatic carbocycles. The van der Waals surface area contributed by atoms with Gasteiger partial charge in [0.15, 0.2) is 11.5 Å². The minimum atomic E-state index is -0.273. The third-order valence-corrected chi connectivity index (χ3v) is 6.64. The van der Waals surface area contributed by atoms with Gasteiger partial charge in [-0.3, -0.25) is 9.59 Å². The number of carbonyl (C=O) groups excluding carboxylic acids is 2. The zero-order valence-electron chi connectivity index (χ0n) is 18.8. The number of hydrogen-bond acceptors (Lipinski definition) is 5. The molecule has 0 N–H and O–H groups in total. The number of carbonyl (C=O) groups is 2. The molecule has 0 heterocycles. The van der Waals surface area contributed by atoms with Crippen LogP contribution in [0.5, 0.6) is 17.2 Å². The molecular formula is C27H32O5. The van der Waals surface area contributed by atoms with Gasteiger partial charge in [0, 0.05) is 0 Å². The van der Waals surface area contributed by atoms with Gasteiger partial charge in [0.25, 0.3) is 0 Å². The lowest BCUT2D eigenvalue weighted by Crippen LogP contribution is -2.25. The maximum Gasteiger partial charge on any atom is 0.314 e. The van der Waals surface area contributed by atoms with Crippen LogP contribution >= 0.6 is 0 Å². The molecule has 2 aliphatic rings. The minimum Gasteiger partial charge on any atom is -0.493 e. The summed E-state index contributed by atoms with van der Waals surface area (Å²) >= 11 is 0. The number of esters is 2. The van der Waals surface area contributed by atoms with Gasteiger partial charge in [0.2, 0.25) is 5.75 Å². The highest BCUT2D eigenvalue weighted by molar-refractivity contribution is 5.82. The van der Waals surface area contributed by atoms with E-state index in [1.807, 2.05) is 36.4 Å². The molecule has 32 heavy (non-hydrogen) atoms. The molecule has 0 aliphatic heterocycles. The third-order valence-electron chi connectivity index (χ3n) is 6.64. The zero-order valence-corrected chi connectivity index (χ0v) is 18.8. The topological polar surface area (TPSA) is 61.8 Å². The summed E-state index contributed by atoms with van der Waals surface area (Å²) in [7, 11) is 1.54. The van der Waals surface area contributed by atoms with E-state index in [-0.39, 0.29) is 35.3 Å². The third kappa shape index (κ3) is 5.32. The van der Waals surface area contributed by atoms with Crippen LogP contribution in [0.2, 0.25) is 0 Å². The lowest BCUT2D eigenvalue weighted by atomic mass is 9.89. The van der Waals surface area contributed by atoms with E-state index >= 15 is 0 Å². The predicted molar refractivity (Wildman–Crippen MR) is 123 cm³/mol. The van der Waals surface area contributed by atoms with Crippen LogP contribution in [0.1, 0.15) is 64.2 Å². The largest absolute Gasteiger partial charge is 0.493 e. The lowest BCUT2D eigenvalue weighted by Gasteiger charge is -2.23. The first-order valence-corrected chi connectivity index (χ1v) is 11.9. The summed E-state index contributed by atoms with van der Waals surface area (Å²) in [6.45, 7) is 0. The molecule has 5 nitrogen and oxygen atoms in total. The van der Waals surface area contributed by atoms with Crippen LogP contribution in [0.15, 0.2) is 42.5 Å². The van der Waals surface area contributed by atoms with E-state index in [0.717, 1.165) is 75.3 Å². The Morgan fingerprint density at radius 1 is 0.688 bits per heavy atom. The number of rotatable bonds is 6. The Morgan fingerprint density at radius 2 is 1.22 bits per heavy atom. The maximum atomic E-state index is 13.0. The maximum absolute atomic E-state index is 13.0. The molecule has 0 radical (unpaired) electrons. The fourth-order valence-electron chi connectivity index (χ4n) is 4.75. The number of methoxy groups -OCH3 is 1. The van der Waals surface area contributed by atoms with Crippen molar-refractivity contribution in [3.05, 3.63) is 42.5 Å². The van der Waals surface area contributed by atoms with Gasteiger partial charge < -0.3 is 14.2 Å². The second kappa shape index (κ2) is 10.7. The zero-order chi connectivity index (χ0) is 22.3. The molecule has 0 saturated heterocycles. The molecule has 0 bridgehead atoms. The smallest absolute Gasteiger partial charge is 0.314 e. The fourth-order valence-corrected chi connectivity index (χ4v) is 4.75. The van der Waals surface area contributed by atoms with Crippen LogP contribution in [0.25, 0.3) is 11.1 Å². The summed E-state index contributed by atoms with van der Waals surface area (Å²) in [6, 6.07) is 13.4. The highest BCUT2D eigenvalue weighted by Gasteiger charge is 2.29. The number of benzene rings is 2. The average Bonchev–Trinajstić information content (AvgIpc) is 2.86. The fraction of sp³-hybridized carbons (Fsp3) is 0.481. The predicted octanol–water partition coefficient (Wildman–Crippen LogP) is 6.33. The van der Waals surface area contributed by atoms with Crippen molar-refractivity contribution in [3.63, 3.8) is 0 Å². The Hall–Kier alpha value is -2.82. The summed E-state index contributed by atoms with van der Waals surface area (Å²) in [5, 5.41) is 0. The SMILES string of the molecule is COc1cc(-c2ccccc2)cc(OC(=O)C2CCCCC2)c1OC(=O)C1CCCCC1. The molecule has 2 fully saturated rings. The van der Waals surface area contributed by atoms with Crippen LogP contribution in [-0.4, -0.2) is 19.0 Å². The Bertz CT molecular complexity index is 925. The summed E-state index contributed by atoms with van der Waals surface area (Å²) in [6.07, 6.45) is 9.81. The molecule has 2 aromatic rings. The normalized spacial score (nSPS) is 17.5. The van der Waals surface area contributed by atoms with Gasteiger partial charge in [-0.25, -0.2) is 0 Å². The van der Waals surface area contributed by atoms with Crippen molar-refractivity contribution in [3.8, 4) is 28.4 Å². The summed E-state index contributed by atoms with van der Waals surface area (Å²) in [4.78, 5) is 25.9. The number of hydrogen-bond donors (Lipinski definition) is 0. The Balaban J connectivity index is 1.67. The van der Waals surface area contributed by atoms with Crippen molar-refractivity contribution in [1.82, 2.24) is 0 Å². The summed E-state index contributed by atoms with van der Waals surface area (Å²) < 4.78 is 17.3. The molecule has 0 unspecified atom stereocenters. The molecule has 0 spiro atoms. The van der Waals surface area contributed by atoms with E-state index in [4.69, 9.17) is 14.2 Å². The molecular weight excluding hydrogens is 404 g/mol. The van der Waals surface area contributed by atoms with E-state index in [0.29, 0.717) is 5.75 Å². The van der Waals surface area contributed by atoms with Crippen molar-refractivity contribution in [1.29, 1.82) is 0 Å². The second-order valence-electron chi connectivity index (χ2n) is 8.88. The van der Waals surface area contributed by atoms with Crippen LogP contribution < -0.4 is 14.2 Å². The number of ether oxygens (including phenoxy) is 3. The van der Waals surface area contributed by atoms with Crippen molar-refractivity contribution < 1.29 is 23.8 Å². The Labute approximate surface area is 190 Å². The molecule has 5 heteroatoms. The van der Waals surface area contributed by atoms with Crippen LogP contribution in [0, 0.1) is 11.8 Å². The Kier molecular flexibility index (Phi) is 7.46. The van der Waals surface area contributed by atoms with Gasteiger partial charge in [-0.05, 0) is 48.9 Å². The van der Waals surface area contributed by atoms with Gasteiger partial charge in [0.05, 0.1) is 18.9 Å². The minimum absolute atomic E-state index is 0.114. The van der Waals surface area contributed by atoms with Gasteiger partial charge in [0.1, 0.15) is 0 Å². The first-order chi connectivity index (χ1) is 15.7. The Morgan fingerprint density at radius 3 is 1.78 bits per heavy atom. The highest BCUT2D eigenvalue weighted by Crippen LogP contribution is 2.43. The molecule has 4 rings (SSSR count). The quantitative estimate of drug-likeness (QED) is 0.391. The van der Waals surface area contributed by atoms with Crippen molar-refractivity contribution in [2.45, 2.75) is 64.2 Å². The van der Waals surface area contributed by atoms with Gasteiger partial charge in [-0.2, -0.15) is 0 Å². The summed E-state index contributed by atoms with van der Waals surface area (Å²) in [5.74, 6) is 0.0790.